The number of nitrogens with one attached hydrogen (secondary N) is 2. The van der Waals surface area contributed by atoms with Crippen molar-refractivity contribution in [3.63, 3.8) is 0 Å². The summed E-state index contributed by atoms with van der Waals surface area (Å²) in [5.41, 5.74) is 0.458. The predicted molar refractivity (Wildman–Crippen MR) is 63.0 cm³/mol. The number of pyridine rings is 1. The molecule has 2 aromatic rings. The van der Waals surface area contributed by atoms with Gasteiger partial charge in [-0.3, -0.25) is 14.3 Å². The van der Waals surface area contributed by atoms with Crippen molar-refractivity contribution in [2.24, 2.45) is 7.05 Å². The Morgan fingerprint density at radius 1 is 1.53 bits per heavy atom. The fourth-order valence-corrected chi connectivity index (χ4v) is 1.51. The molecule has 0 unspecified atom stereocenters. The Bertz CT molecular complexity index is 612. The van der Waals surface area contributed by atoms with Gasteiger partial charge < -0.3 is 10.3 Å². The molecule has 1 amide bonds. The van der Waals surface area contributed by atoms with Crippen LogP contribution in [0.3, 0.4) is 0 Å². The monoisotopic (exact) mass is 232 g/mol. The molecule has 0 saturated carbocycles. The average molecular weight is 232 g/mol. The molecule has 88 valence electrons. The third-order valence-corrected chi connectivity index (χ3v) is 2.31. The molecule has 17 heavy (non-hydrogen) atoms. The quantitative estimate of drug-likeness (QED) is 0.798. The molecule has 2 heterocycles. The van der Waals surface area contributed by atoms with Crippen LogP contribution >= 0.6 is 0 Å². The summed E-state index contributed by atoms with van der Waals surface area (Å²) in [7, 11) is 1.72. The Hall–Kier alpha value is -2.37. The second-order valence-electron chi connectivity index (χ2n) is 3.66. The molecule has 0 fully saturated rings. The van der Waals surface area contributed by atoms with Gasteiger partial charge in [0, 0.05) is 19.3 Å². The van der Waals surface area contributed by atoms with Crippen LogP contribution in [-0.4, -0.2) is 20.7 Å². The molecule has 0 radical (unpaired) electrons. The summed E-state index contributed by atoms with van der Waals surface area (Å²) >= 11 is 0. The molecule has 6 nitrogen and oxygen atoms in total. The molecule has 2 rings (SSSR count). The summed E-state index contributed by atoms with van der Waals surface area (Å²) in [6.07, 6.45) is 1.48. The van der Waals surface area contributed by atoms with Gasteiger partial charge in [0.05, 0.1) is 5.69 Å². The molecular formula is C11H12N4O2. The lowest BCUT2D eigenvalue weighted by Crippen LogP contribution is -2.23. The summed E-state index contributed by atoms with van der Waals surface area (Å²) in [6, 6.07) is 4.80. The minimum Gasteiger partial charge on any atom is -0.328 e. The summed E-state index contributed by atoms with van der Waals surface area (Å²) < 4.78 is 1.55. The number of carbonyl (C=O) groups excluding carboxylic acids is 1. The van der Waals surface area contributed by atoms with Crippen molar-refractivity contribution >= 4 is 11.7 Å². The SMILES string of the molecule is Cc1cc(NC(=O)c2ccc[nH]c2=O)n(C)n1. The minimum atomic E-state index is -0.449. The smallest absolute Gasteiger partial charge is 0.262 e. The van der Waals surface area contributed by atoms with E-state index in [-0.39, 0.29) is 5.56 Å². The van der Waals surface area contributed by atoms with Crippen LogP contribution in [0.1, 0.15) is 16.1 Å². The van der Waals surface area contributed by atoms with Crippen LogP contribution in [0.25, 0.3) is 0 Å². The average Bonchev–Trinajstić information content (AvgIpc) is 2.58. The molecule has 0 atom stereocenters. The van der Waals surface area contributed by atoms with Gasteiger partial charge in [-0.15, -0.1) is 0 Å². The van der Waals surface area contributed by atoms with Crippen molar-refractivity contribution in [3.8, 4) is 0 Å². The van der Waals surface area contributed by atoms with Gasteiger partial charge in [-0.2, -0.15) is 5.10 Å². The van der Waals surface area contributed by atoms with Crippen molar-refractivity contribution in [1.29, 1.82) is 0 Å². The van der Waals surface area contributed by atoms with Crippen molar-refractivity contribution in [2.75, 3.05) is 5.32 Å². The number of nitrogens with zero attached hydrogens (tertiary/aromatic N) is 2. The largest absolute Gasteiger partial charge is 0.328 e. The van der Waals surface area contributed by atoms with Crippen LogP contribution in [-0.2, 0) is 7.05 Å². The van der Waals surface area contributed by atoms with Gasteiger partial charge >= 0.3 is 0 Å². The number of carbonyl (C=O) groups is 1. The Kier molecular flexibility index (Phi) is 2.78. The fourth-order valence-electron chi connectivity index (χ4n) is 1.51. The number of aromatic amines is 1. The molecule has 2 N–H and O–H groups in total. The summed E-state index contributed by atoms with van der Waals surface area (Å²) in [6.45, 7) is 1.82. The van der Waals surface area contributed by atoms with Gasteiger partial charge in [-0.25, -0.2) is 0 Å². The number of aryl methyl sites for hydroxylation is 2. The number of hydrogen-bond acceptors (Lipinski definition) is 3. The Morgan fingerprint density at radius 3 is 2.88 bits per heavy atom. The molecule has 2 aromatic heterocycles. The number of hydrogen-bond donors (Lipinski definition) is 2. The third-order valence-electron chi connectivity index (χ3n) is 2.31. The Labute approximate surface area is 97.3 Å². The van der Waals surface area contributed by atoms with E-state index in [0.717, 1.165) is 5.69 Å². The summed E-state index contributed by atoms with van der Waals surface area (Å²) in [5.74, 6) is 0.102. The Balaban J connectivity index is 2.26. The molecular weight excluding hydrogens is 220 g/mol. The van der Waals surface area contributed by atoms with Crippen LogP contribution in [0.4, 0.5) is 5.82 Å². The Morgan fingerprint density at radius 2 is 2.29 bits per heavy atom. The van der Waals surface area contributed by atoms with Crippen LogP contribution in [0.2, 0.25) is 0 Å². The van der Waals surface area contributed by atoms with Gasteiger partial charge in [0.1, 0.15) is 11.4 Å². The number of aromatic nitrogens is 3. The highest BCUT2D eigenvalue weighted by atomic mass is 16.2. The van der Waals surface area contributed by atoms with Gasteiger partial charge in [0.2, 0.25) is 0 Å². The lowest BCUT2D eigenvalue weighted by molar-refractivity contribution is 0.102. The van der Waals surface area contributed by atoms with Crippen molar-refractivity contribution in [1.82, 2.24) is 14.8 Å². The van der Waals surface area contributed by atoms with E-state index in [4.69, 9.17) is 0 Å². The minimum absolute atomic E-state index is 0.0753. The molecule has 0 aromatic carbocycles. The topological polar surface area (TPSA) is 79.8 Å². The standard InChI is InChI=1S/C11H12N4O2/c1-7-6-9(15(2)14-7)13-11(17)8-4-3-5-12-10(8)16/h3-6H,1-2H3,(H,12,16)(H,13,17). The van der Waals surface area contributed by atoms with Crippen LogP contribution in [0.15, 0.2) is 29.2 Å². The molecule has 0 aliphatic carbocycles. The highest BCUT2D eigenvalue weighted by Gasteiger charge is 2.12. The molecule has 0 spiro atoms. The van der Waals surface area contributed by atoms with E-state index in [1.54, 1.807) is 23.9 Å². The van der Waals surface area contributed by atoms with E-state index in [2.05, 4.69) is 15.4 Å². The third kappa shape index (κ3) is 2.25. The van der Waals surface area contributed by atoms with Crippen molar-refractivity contribution < 1.29 is 4.79 Å². The van der Waals surface area contributed by atoms with Crippen molar-refractivity contribution in [2.45, 2.75) is 6.92 Å². The fraction of sp³-hybridized carbons (Fsp3) is 0.182. The molecule has 0 aliphatic heterocycles. The highest BCUT2D eigenvalue weighted by molar-refractivity contribution is 6.03. The number of rotatable bonds is 2. The zero-order chi connectivity index (χ0) is 12.4. The van der Waals surface area contributed by atoms with Crippen LogP contribution < -0.4 is 10.9 Å². The zero-order valence-electron chi connectivity index (χ0n) is 9.52. The second-order valence-corrected chi connectivity index (χ2v) is 3.66. The maximum atomic E-state index is 11.8. The number of anilines is 1. The maximum absolute atomic E-state index is 11.8. The lowest BCUT2D eigenvalue weighted by atomic mass is 10.2. The van der Waals surface area contributed by atoms with Crippen LogP contribution in [0.5, 0.6) is 0 Å². The van der Waals surface area contributed by atoms with Gasteiger partial charge in [0.15, 0.2) is 0 Å². The molecule has 0 aliphatic rings. The second kappa shape index (κ2) is 4.25. The van der Waals surface area contributed by atoms with Gasteiger partial charge in [0.25, 0.3) is 11.5 Å². The van der Waals surface area contributed by atoms with E-state index in [1.165, 1.54) is 12.3 Å². The summed E-state index contributed by atoms with van der Waals surface area (Å²) in [5, 5.41) is 6.73. The van der Waals surface area contributed by atoms with Crippen LogP contribution in [0, 0.1) is 6.92 Å². The van der Waals surface area contributed by atoms with Crippen molar-refractivity contribution in [3.05, 3.63) is 46.0 Å². The zero-order valence-corrected chi connectivity index (χ0v) is 9.52. The predicted octanol–water partition coefficient (Wildman–Crippen LogP) is 0.669. The van der Waals surface area contributed by atoms with E-state index in [0.29, 0.717) is 5.82 Å². The van der Waals surface area contributed by atoms with Gasteiger partial charge in [-0.1, -0.05) is 0 Å². The molecule has 0 bridgehead atoms. The first-order valence-corrected chi connectivity index (χ1v) is 5.07. The van der Waals surface area contributed by atoms with E-state index >= 15 is 0 Å². The number of H-pyrrole nitrogens is 1. The molecule has 6 heteroatoms. The maximum Gasteiger partial charge on any atom is 0.262 e. The first-order valence-electron chi connectivity index (χ1n) is 5.07. The first-order chi connectivity index (χ1) is 8.08. The molecule has 0 saturated heterocycles. The first kappa shape index (κ1) is 11.1. The van der Waals surface area contributed by atoms with E-state index < -0.39 is 11.5 Å². The highest BCUT2D eigenvalue weighted by Crippen LogP contribution is 2.08. The van der Waals surface area contributed by atoms with Gasteiger partial charge in [-0.05, 0) is 19.1 Å². The normalized spacial score (nSPS) is 10.2. The van der Waals surface area contributed by atoms with E-state index in [9.17, 15) is 9.59 Å². The van der Waals surface area contributed by atoms with E-state index in [1.807, 2.05) is 6.92 Å². The number of amides is 1. The lowest BCUT2D eigenvalue weighted by Gasteiger charge is -2.03. The summed E-state index contributed by atoms with van der Waals surface area (Å²) in [4.78, 5) is 25.7.